The zero-order valence-corrected chi connectivity index (χ0v) is 9.72. The van der Waals surface area contributed by atoms with Gasteiger partial charge in [0.25, 0.3) is 0 Å². The second kappa shape index (κ2) is 6.64. The van der Waals surface area contributed by atoms with Gasteiger partial charge in [-0.15, -0.1) is 0 Å². The van der Waals surface area contributed by atoms with Crippen molar-refractivity contribution in [3.05, 3.63) is 0 Å². The Balaban J connectivity index is 2.38. The Hall–Kier alpha value is -2.03. The third-order valence-corrected chi connectivity index (χ3v) is 2.37. The number of hydrogen-bond acceptors (Lipinski definition) is 4. The summed E-state index contributed by atoms with van der Waals surface area (Å²) >= 11 is 0. The molecule has 0 bridgehead atoms. The number of amides is 4. The first-order valence-corrected chi connectivity index (χ1v) is 5.40. The first-order chi connectivity index (χ1) is 8.52. The maximum absolute atomic E-state index is 11.7. The van der Waals surface area contributed by atoms with Crippen molar-refractivity contribution in [2.24, 2.45) is 5.73 Å². The SMILES string of the molecule is NC(=O)NCCNC(=O)N1CCOCC1C(=O)O. The van der Waals surface area contributed by atoms with Crippen molar-refractivity contribution < 1.29 is 24.2 Å². The molecule has 1 rings (SSSR count). The number of hydrogen-bond donors (Lipinski definition) is 4. The van der Waals surface area contributed by atoms with Crippen molar-refractivity contribution in [3.8, 4) is 0 Å². The molecule has 1 fully saturated rings. The van der Waals surface area contributed by atoms with Crippen molar-refractivity contribution in [1.82, 2.24) is 15.5 Å². The summed E-state index contributed by atoms with van der Waals surface area (Å²) in [6.07, 6.45) is 0. The molecule has 18 heavy (non-hydrogen) atoms. The molecule has 1 aliphatic heterocycles. The number of rotatable bonds is 4. The van der Waals surface area contributed by atoms with Gasteiger partial charge in [-0.25, -0.2) is 14.4 Å². The number of aliphatic carboxylic acids is 1. The van der Waals surface area contributed by atoms with E-state index in [2.05, 4.69) is 10.6 Å². The van der Waals surface area contributed by atoms with Crippen LogP contribution in [0.3, 0.4) is 0 Å². The normalized spacial score (nSPS) is 19.1. The van der Waals surface area contributed by atoms with Crippen LogP contribution < -0.4 is 16.4 Å². The number of primary amides is 1. The van der Waals surface area contributed by atoms with Gasteiger partial charge in [-0.2, -0.15) is 0 Å². The predicted octanol–water partition coefficient (Wildman–Crippen LogP) is -1.85. The summed E-state index contributed by atoms with van der Waals surface area (Å²) in [6.45, 7) is 0.847. The highest BCUT2D eigenvalue weighted by Gasteiger charge is 2.32. The number of nitrogens with two attached hydrogens (primary N) is 1. The van der Waals surface area contributed by atoms with E-state index in [1.807, 2.05) is 0 Å². The molecule has 1 aliphatic rings. The predicted molar refractivity (Wildman–Crippen MR) is 59.9 cm³/mol. The van der Waals surface area contributed by atoms with Crippen molar-refractivity contribution in [2.45, 2.75) is 6.04 Å². The van der Waals surface area contributed by atoms with Crippen LogP contribution in [0.15, 0.2) is 0 Å². The van der Waals surface area contributed by atoms with Gasteiger partial charge in [-0.1, -0.05) is 0 Å². The molecule has 102 valence electrons. The summed E-state index contributed by atoms with van der Waals surface area (Å²) < 4.78 is 5.00. The molecule has 9 heteroatoms. The van der Waals surface area contributed by atoms with E-state index in [1.165, 1.54) is 4.90 Å². The Bertz CT molecular complexity index is 335. The van der Waals surface area contributed by atoms with E-state index in [9.17, 15) is 14.4 Å². The Kier molecular flexibility index (Phi) is 5.18. The lowest BCUT2D eigenvalue weighted by Gasteiger charge is -2.32. The molecule has 1 atom stereocenters. The molecule has 0 saturated carbocycles. The van der Waals surface area contributed by atoms with Crippen molar-refractivity contribution in [1.29, 1.82) is 0 Å². The maximum Gasteiger partial charge on any atom is 0.328 e. The molecule has 0 spiro atoms. The van der Waals surface area contributed by atoms with Gasteiger partial charge in [0.2, 0.25) is 0 Å². The Morgan fingerprint density at radius 2 is 2.00 bits per heavy atom. The second-order valence-electron chi connectivity index (χ2n) is 3.65. The van der Waals surface area contributed by atoms with E-state index in [0.29, 0.717) is 6.61 Å². The van der Waals surface area contributed by atoms with Gasteiger partial charge in [0, 0.05) is 19.6 Å². The van der Waals surface area contributed by atoms with Gasteiger partial charge in [0.1, 0.15) is 0 Å². The minimum atomic E-state index is -1.11. The van der Waals surface area contributed by atoms with Gasteiger partial charge < -0.3 is 31.1 Å². The number of morpholine rings is 1. The molecular formula is C9H16N4O5. The topological polar surface area (TPSA) is 134 Å². The van der Waals surface area contributed by atoms with Crippen LogP contribution in [0.5, 0.6) is 0 Å². The highest BCUT2D eigenvalue weighted by molar-refractivity contribution is 5.83. The first kappa shape index (κ1) is 14.0. The number of nitrogens with zero attached hydrogens (tertiary/aromatic N) is 1. The fourth-order valence-electron chi connectivity index (χ4n) is 1.51. The molecule has 5 N–H and O–H groups in total. The first-order valence-electron chi connectivity index (χ1n) is 5.40. The largest absolute Gasteiger partial charge is 0.480 e. The summed E-state index contributed by atoms with van der Waals surface area (Å²) in [5.74, 6) is -1.11. The molecule has 1 unspecified atom stereocenters. The van der Waals surface area contributed by atoms with Crippen LogP contribution in [-0.4, -0.2) is 66.9 Å². The van der Waals surface area contributed by atoms with Crippen LogP contribution in [0, 0.1) is 0 Å². The summed E-state index contributed by atoms with van der Waals surface area (Å²) in [7, 11) is 0. The van der Waals surface area contributed by atoms with Crippen LogP contribution >= 0.6 is 0 Å². The molecule has 1 heterocycles. The summed E-state index contributed by atoms with van der Waals surface area (Å²) in [4.78, 5) is 34.2. The van der Waals surface area contributed by atoms with Crippen molar-refractivity contribution in [2.75, 3.05) is 32.8 Å². The fraction of sp³-hybridized carbons (Fsp3) is 0.667. The number of carboxylic acid groups (broad SMARTS) is 1. The quantitative estimate of drug-likeness (QED) is 0.440. The zero-order chi connectivity index (χ0) is 13.5. The van der Waals surface area contributed by atoms with Crippen molar-refractivity contribution in [3.63, 3.8) is 0 Å². The molecular weight excluding hydrogens is 244 g/mol. The minimum Gasteiger partial charge on any atom is -0.480 e. The molecule has 0 aromatic heterocycles. The van der Waals surface area contributed by atoms with E-state index in [-0.39, 0.29) is 26.2 Å². The maximum atomic E-state index is 11.7. The lowest BCUT2D eigenvalue weighted by atomic mass is 10.2. The lowest BCUT2D eigenvalue weighted by molar-refractivity contribution is -0.147. The average molecular weight is 260 g/mol. The Labute approximate surface area is 103 Å². The van der Waals surface area contributed by atoms with Crippen LogP contribution in [0.4, 0.5) is 9.59 Å². The van der Waals surface area contributed by atoms with E-state index in [4.69, 9.17) is 15.6 Å². The van der Waals surface area contributed by atoms with Gasteiger partial charge in [0.15, 0.2) is 6.04 Å². The third-order valence-electron chi connectivity index (χ3n) is 2.37. The number of carbonyl (C=O) groups excluding carboxylic acids is 2. The number of carboxylic acids is 1. The molecule has 4 amide bonds. The molecule has 0 aromatic carbocycles. The summed E-state index contributed by atoms with van der Waals surface area (Å²) in [6, 6.07) is -2.17. The number of ether oxygens (including phenoxy) is 1. The minimum absolute atomic E-state index is 0.0255. The highest BCUT2D eigenvalue weighted by Crippen LogP contribution is 2.07. The monoisotopic (exact) mass is 260 g/mol. The average Bonchev–Trinajstić information content (AvgIpc) is 2.34. The zero-order valence-electron chi connectivity index (χ0n) is 9.72. The summed E-state index contributed by atoms with van der Waals surface area (Å²) in [5, 5.41) is 13.7. The summed E-state index contributed by atoms with van der Waals surface area (Å²) in [5.41, 5.74) is 4.85. The lowest BCUT2D eigenvalue weighted by Crippen LogP contribution is -2.56. The molecule has 9 nitrogen and oxygen atoms in total. The van der Waals surface area contributed by atoms with Crippen LogP contribution in [0.2, 0.25) is 0 Å². The highest BCUT2D eigenvalue weighted by atomic mass is 16.5. The van der Waals surface area contributed by atoms with Crippen LogP contribution in [0.1, 0.15) is 0 Å². The van der Waals surface area contributed by atoms with E-state index in [1.54, 1.807) is 0 Å². The van der Waals surface area contributed by atoms with Gasteiger partial charge in [0.05, 0.1) is 13.2 Å². The van der Waals surface area contributed by atoms with Crippen LogP contribution in [-0.2, 0) is 9.53 Å². The fourth-order valence-corrected chi connectivity index (χ4v) is 1.51. The second-order valence-corrected chi connectivity index (χ2v) is 3.65. The van der Waals surface area contributed by atoms with E-state index in [0.717, 1.165) is 0 Å². The van der Waals surface area contributed by atoms with Gasteiger partial charge in [-0.3, -0.25) is 0 Å². The molecule has 0 aliphatic carbocycles. The smallest absolute Gasteiger partial charge is 0.328 e. The van der Waals surface area contributed by atoms with Crippen LogP contribution in [0.25, 0.3) is 0 Å². The molecule has 0 aromatic rings. The standard InChI is InChI=1S/C9H16N4O5/c10-8(16)11-1-2-12-9(17)13-3-4-18-5-6(13)7(14)15/h6H,1-5H2,(H,12,17)(H,14,15)(H3,10,11,16). The molecule has 0 radical (unpaired) electrons. The Morgan fingerprint density at radius 1 is 1.33 bits per heavy atom. The van der Waals surface area contributed by atoms with E-state index < -0.39 is 24.1 Å². The third kappa shape index (κ3) is 4.09. The van der Waals surface area contributed by atoms with E-state index >= 15 is 0 Å². The van der Waals surface area contributed by atoms with Gasteiger partial charge in [-0.05, 0) is 0 Å². The number of nitrogens with one attached hydrogen (secondary N) is 2. The number of carbonyl (C=O) groups is 3. The molecule has 1 saturated heterocycles. The van der Waals surface area contributed by atoms with Gasteiger partial charge >= 0.3 is 18.0 Å². The van der Waals surface area contributed by atoms with Crippen molar-refractivity contribution >= 4 is 18.0 Å². The Morgan fingerprint density at radius 3 is 2.61 bits per heavy atom. The number of urea groups is 2.